The quantitative estimate of drug-likeness (QED) is 0.599. The van der Waals surface area contributed by atoms with Crippen LogP contribution >= 0.6 is 0 Å². The molecule has 1 aromatic heterocycles. The van der Waals surface area contributed by atoms with Crippen LogP contribution in [0.25, 0.3) is 0 Å². The molecule has 2 heterocycles. The number of nitrogens with zero attached hydrogens (tertiary/aromatic N) is 4. The van der Waals surface area contributed by atoms with Gasteiger partial charge in [-0.15, -0.1) is 0 Å². The zero-order valence-electron chi connectivity index (χ0n) is 15.1. The third kappa shape index (κ3) is 4.49. The standard InChI is InChI=1S/C19H25N5O2/c1-2-26-18-5-4-15(14-16(18)20)17(25)6-9-23-10-12-24(13-11-23)19-21-7-3-8-22-19/h3-5,7-8,14H,2,6,9-13,20H2,1H3. The lowest BCUT2D eigenvalue weighted by Gasteiger charge is -2.34. The summed E-state index contributed by atoms with van der Waals surface area (Å²) in [5.41, 5.74) is 7.10. The average Bonchev–Trinajstić information content (AvgIpc) is 2.69. The summed E-state index contributed by atoms with van der Waals surface area (Å²) in [7, 11) is 0. The van der Waals surface area contributed by atoms with Crippen LogP contribution in [0.2, 0.25) is 0 Å². The average molecular weight is 355 g/mol. The molecule has 0 unspecified atom stereocenters. The second kappa shape index (κ2) is 8.62. The Morgan fingerprint density at radius 2 is 1.92 bits per heavy atom. The number of nitrogen functional groups attached to an aromatic ring is 1. The van der Waals surface area contributed by atoms with Crippen LogP contribution in [-0.4, -0.2) is 60.0 Å². The van der Waals surface area contributed by atoms with Crippen molar-refractivity contribution in [2.75, 3.05) is 50.0 Å². The van der Waals surface area contributed by atoms with Gasteiger partial charge in [-0.25, -0.2) is 9.97 Å². The van der Waals surface area contributed by atoms with E-state index < -0.39 is 0 Å². The third-order valence-corrected chi connectivity index (χ3v) is 4.49. The number of Topliss-reactive ketones (excluding diaryl/α,β-unsaturated/α-hetero) is 1. The fourth-order valence-electron chi connectivity index (χ4n) is 3.04. The number of ether oxygens (including phenoxy) is 1. The number of nitrogens with two attached hydrogens (primary N) is 1. The Bertz CT molecular complexity index is 730. The molecular weight excluding hydrogens is 330 g/mol. The van der Waals surface area contributed by atoms with Gasteiger partial charge in [0.2, 0.25) is 5.95 Å². The number of aromatic nitrogens is 2. The van der Waals surface area contributed by atoms with Crippen molar-refractivity contribution in [1.82, 2.24) is 14.9 Å². The molecular formula is C19H25N5O2. The summed E-state index contributed by atoms with van der Waals surface area (Å²) >= 11 is 0. The normalized spacial score (nSPS) is 15.0. The third-order valence-electron chi connectivity index (χ3n) is 4.49. The van der Waals surface area contributed by atoms with Crippen molar-refractivity contribution >= 4 is 17.4 Å². The van der Waals surface area contributed by atoms with Gasteiger partial charge in [0, 0.05) is 57.1 Å². The number of carbonyl (C=O) groups is 1. The molecule has 1 saturated heterocycles. The molecule has 0 saturated carbocycles. The van der Waals surface area contributed by atoms with E-state index in [4.69, 9.17) is 10.5 Å². The molecule has 0 amide bonds. The van der Waals surface area contributed by atoms with E-state index in [-0.39, 0.29) is 5.78 Å². The number of carbonyl (C=O) groups excluding carboxylic acids is 1. The van der Waals surface area contributed by atoms with Gasteiger partial charge in [-0.2, -0.15) is 0 Å². The second-order valence-electron chi connectivity index (χ2n) is 6.24. The van der Waals surface area contributed by atoms with E-state index in [9.17, 15) is 4.79 Å². The molecule has 26 heavy (non-hydrogen) atoms. The minimum atomic E-state index is 0.105. The lowest BCUT2D eigenvalue weighted by molar-refractivity contribution is 0.0962. The van der Waals surface area contributed by atoms with Crippen molar-refractivity contribution < 1.29 is 9.53 Å². The molecule has 7 heteroatoms. The molecule has 1 aliphatic heterocycles. The highest BCUT2D eigenvalue weighted by Gasteiger charge is 2.19. The van der Waals surface area contributed by atoms with E-state index in [1.165, 1.54) is 0 Å². The van der Waals surface area contributed by atoms with Crippen LogP contribution in [0.5, 0.6) is 5.75 Å². The van der Waals surface area contributed by atoms with Gasteiger partial charge in [0.05, 0.1) is 12.3 Å². The van der Waals surface area contributed by atoms with Crippen molar-refractivity contribution in [3.63, 3.8) is 0 Å². The maximum absolute atomic E-state index is 12.4. The Labute approximate surface area is 153 Å². The summed E-state index contributed by atoms with van der Waals surface area (Å²) in [5.74, 6) is 1.50. The minimum Gasteiger partial charge on any atom is -0.492 e. The van der Waals surface area contributed by atoms with Gasteiger partial charge in [-0.05, 0) is 31.2 Å². The van der Waals surface area contributed by atoms with Gasteiger partial charge >= 0.3 is 0 Å². The van der Waals surface area contributed by atoms with Gasteiger partial charge in [0.25, 0.3) is 0 Å². The lowest BCUT2D eigenvalue weighted by Crippen LogP contribution is -2.47. The Morgan fingerprint density at radius 1 is 1.19 bits per heavy atom. The molecule has 1 aromatic carbocycles. The van der Waals surface area contributed by atoms with Crippen LogP contribution in [0, 0.1) is 0 Å². The van der Waals surface area contributed by atoms with E-state index in [0.29, 0.717) is 30.0 Å². The molecule has 7 nitrogen and oxygen atoms in total. The summed E-state index contributed by atoms with van der Waals surface area (Å²) in [5, 5.41) is 0. The molecule has 0 spiro atoms. The summed E-state index contributed by atoms with van der Waals surface area (Å²) in [6.07, 6.45) is 4.00. The summed E-state index contributed by atoms with van der Waals surface area (Å²) < 4.78 is 5.41. The SMILES string of the molecule is CCOc1ccc(C(=O)CCN2CCN(c3ncccn3)CC2)cc1N. The molecule has 3 rings (SSSR count). The number of rotatable bonds is 7. The summed E-state index contributed by atoms with van der Waals surface area (Å²) in [6, 6.07) is 7.08. The van der Waals surface area contributed by atoms with E-state index in [1.54, 1.807) is 30.6 Å². The Hall–Kier alpha value is -2.67. The molecule has 0 bridgehead atoms. The first-order valence-corrected chi connectivity index (χ1v) is 8.97. The molecule has 2 aromatic rings. The zero-order chi connectivity index (χ0) is 18.4. The van der Waals surface area contributed by atoms with E-state index in [0.717, 1.165) is 38.7 Å². The van der Waals surface area contributed by atoms with E-state index >= 15 is 0 Å². The zero-order valence-corrected chi connectivity index (χ0v) is 15.1. The second-order valence-corrected chi connectivity index (χ2v) is 6.24. The monoisotopic (exact) mass is 355 g/mol. The highest BCUT2D eigenvalue weighted by Crippen LogP contribution is 2.23. The number of hydrogen-bond acceptors (Lipinski definition) is 7. The Morgan fingerprint density at radius 3 is 2.58 bits per heavy atom. The molecule has 1 aliphatic rings. The Balaban J connectivity index is 1.47. The van der Waals surface area contributed by atoms with Gasteiger partial charge in [-0.1, -0.05) is 0 Å². The minimum absolute atomic E-state index is 0.105. The smallest absolute Gasteiger partial charge is 0.225 e. The molecule has 2 N–H and O–H groups in total. The number of hydrogen-bond donors (Lipinski definition) is 1. The van der Waals surface area contributed by atoms with Crippen molar-refractivity contribution in [2.45, 2.75) is 13.3 Å². The fourth-order valence-corrected chi connectivity index (χ4v) is 3.04. The van der Waals surface area contributed by atoms with Crippen LogP contribution in [0.4, 0.5) is 11.6 Å². The van der Waals surface area contributed by atoms with Gasteiger partial charge in [0.15, 0.2) is 5.78 Å². The van der Waals surface area contributed by atoms with Crippen LogP contribution in [0.1, 0.15) is 23.7 Å². The van der Waals surface area contributed by atoms with Gasteiger partial charge in [-0.3, -0.25) is 9.69 Å². The molecule has 138 valence electrons. The van der Waals surface area contributed by atoms with Crippen LogP contribution in [0.3, 0.4) is 0 Å². The molecule has 1 fully saturated rings. The van der Waals surface area contributed by atoms with Gasteiger partial charge in [0.1, 0.15) is 5.75 Å². The molecule has 0 atom stereocenters. The van der Waals surface area contributed by atoms with Gasteiger partial charge < -0.3 is 15.4 Å². The van der Waals surface area contributed by atoms with Crippen molar-refractivity contribution in [1.29, 1.82) is 0 Å². The van der Waals surface area contributed by atoms with Crippen molar-refractivity contribution in [3.8, 4) is 5.75 Å². The largest absolute Gasteiger partial charge is 0.492 e. The highest BCUT2D eigenvalue weighted by atomic mass is 16.5. The summed E-state index contributed by atoms with van der Waals surface area (Å²) in [4.78, 5) is 25.5. The number of piperazine rings is 1. The predicted molar refractivity (Wildman–Crippen MR) is 102 cm³/mol. The highest BCUT2D eigenvalue weighted by molar-refractivity contribution is 5.97. The van der Waals surface area contributed by atoms with E-state index in [1.807, 2.05) is 13.0 Å². The first-order valence-electron chi connectivity index (χ1n) is 8.97. The fraction of sp³-hybridized carbons (Fsp3) is 0.421. The lowest BCUT2D eigenvalue weighted by atomic mass is 10.1. The van der Waals surface area contributed by atoms with Crippen LogP contribution in [0.15, 0.2) is 36.7 Å². The van der Waals surface area contributed by atoms with Crippen molar-refractivity contribution in [3.05, 3.63) is 42.2 Å². The number of anilines is 2. The molecule has 0 radical (unpaired) electrons. The topological polar surface area (TPSA) is 84.6 Å². The Kier molecular flexibility index (Phi) is 6.01. The predicted octanol–water partition coefficient (Wildman–Crippen LogP) is 1.85. The van der Waals surface area contributed by atoms with Crippen LogP contribution in [-0.2, 0) is 0 Å². The first-order chi connectivity index (χ1) is 12.7. The maximum Gasteiger partial charge on any atom is 0.225 e. The van der Waals surface area contributed by atoms with E-state index in [2.05, 4.69) is 19.8 Å². The van der Waals surface area contributed by atoms with Crippen molar-refractivity contribution in [2.24, 2.45) is 0 Å². The number of ketones is 1. The van der Waals surface area contributed by atoms with Crippen LogP contribution < -0.4 is 15.4 Å². The number of benzene rings is 1. The first kappa shape index (κ1) is 18.1. The molecule has 0 aliphatic carbocycles. The summed E-state index contributed by atoms with van der Waals surface area (Å²) in [6.45, 7) is 6.74. The maximum atomic E-state index is 12.4.